The van der Waals surface area contributed by atoms with Crippen LogP contribution in [-0.2, 0) is 10.2 Å². The summed E-state index contributed by atoms with van der Waals surface area (Å²) in [5, 5.41) is 0. The Morgan fingerprint density at radius 1 is 1.23 bits per heavy atom. The van der Waals surface area contributed by atoms with Crippen molar-refractivity contribution in [3.05, 3.63) is 59.9 Å². The van der Waals surface area contributed by atoms with Gasteiger partial charge >= 0.3 is 0 Å². The number of methoxy groups -OCH3 is 1. The zero-order chi connectivity index (χ0) is 18.0. The molecule has 2 aliphatic rings. The number of ether oxygens (including phenoxy) is 1. The number of aromatic nitrogens is 1. The monoisotopic (exact) mass is 353 g/mol. The smallest absolute Gasteiger partial charge is 0.270 e. The first-order valence-corrected chi connectivity index (χ1v) is 9.42. The minimum atomic E-state index is 0.118. The molecule has 2 saturated heterocycles. The van der Waals surface area contributed by atoms with E-state index in [4.69, 9.17) is 4.74 Å². The van der Waals surface area contributed by atoms with Crippen molar-refractivity contribution < 1.29 is 9.53 Å². The number of rotatable bonds is 5. The van der Waals surface area contributed by atoms with E-state index in [0.717, 1.165) is 45.8 Å². The van der Waals surface area contributed by atoms with Crippen molar-refractivity contribution in [2.24, 2.45) is 5.92 Å². The molecule has 4 rings (SSSR count). The van der Waals surface area contributed by atoms with Gasteiger partial charge in [-0.1, -0.05) is 30.3 Å². The lowest BCUT2D eigenvalue weighted by atomic mass is 9.68. The van der Waals surface area contributed by atoms with E-state index >= 15 is 0 Å². The average Bonchev–Trinajstić information content (AvgIpc) is 3.34. The Balaban J connectivity index is 1.57. The molecule has 2 fully saturated rings. The number of H-pyrrole nitrogens is 1. The Bertz CT molecular complexity index is 731. The molecule has 26 heavy (non-hydrogen) atoms. The van der Waals surface area contributed by atoms with Crippen molar-refractivity contribution in [1.82, 2.24) is 14.8 Å². The minimum Gasteiger partial charge on any atom is -0.383 e. The summed E-state index contributed by atoms with van der Waals surface area (Å²) in [6.45, 7) is 5.40. The Labute approximate surface area is 154 Å². The number of amides is 1. The molecule has 3 heterocycles. The summed E-state index contributed by atoms with van der Waals surface area (Å²) < 4.78 is 5.29. The summed E-state index contributed by atoms with van der Waals surface area (Å²) in [5.41, 5.74) is 2.24. The number of carbonyl (C=O) groups excluding carboxylic acids is 1. The highest BCUT2D eigenvalue weighted by atomic mass is 16.5. The number of nitrogens with zero attached hydrogens (tertiary/aromatic N) is 2. The van der Waals surface area contributed by atoms with Crippen LogP contribution in [0.15, 0.2) is 48.7 Å². The highest BCUT2D eigenvalue weighted by Crippen LogP contribution is 2.45. The second-order valence-corrected chi connectivity index (χ2v) is 7.53. The van der Waals surface area contributed by atoms with Crippen LogP contribution < -0.4 is 0 Å². The average molecular weight is 353 g/mol. The van der Waals surface area contributed by atoms with Crippen LogP contribution in [0.5, 0.6) is 0 Å². The summed E-state index contributed by atoms with van der Waals surface area (Å²) in [6, 6.07) is 14.6. The highest BCUT2D eigenvalue weighted by molar-refractivity contribution is 5.92. The Morgan fingerprint density at radius 2 is 2.08 bits per heavy atom. The third-order valence-electron chi connectivity index (χ3n) is 6.11. The van der Waals surface area contributed by atoms with Gasteiger partial charge in [-0.25, -0.2) is 0 Å². The fraction of sp³-hybridized carbons (Fsp3) is 0.476. The minimum absolute atomic E-state index is 0.118. The lowest BCUT2D eigenvalue weighted by Crippen LogP contribution is -2.51. The van der Waals surface area contributed by atoms with Gasteiger partial charge in [-0.2, -0.15) is 0 Å². The Morgan fingerprint density at radius 3 is 2.81 bits per heavy atom. The van der Waals surface area contributed by atoms with Crippen molar-refractivity contribution in [2.75, 3.05) is 46.4 Å². The number of hydrogen-bond acceptors (Lipinski definition) is 3. The molecule has 0 spiro atoms. The van der Waals surface area contributed by atoms with Gasteiger partial charge in [-0.05, 0) is 24.1 Å². The number of carbonyl (C=O) groups is 1. The molecule has 0 aliphatic carbocycles. The molecular weight excluding hydrogens is 326 g/mol. The fourth-order valence-corrected chi connectivity index (χ4v) is 4.74. The zero-order valence-corrected chi connectivity index (χ0v) is 15.4. The molecule has 0 bridgehead atoms. The molecule has 1 aromatic carbocycles. The number of aromatic amines is 1. The van der Waals surface area contributed by atoms with E-state index in [-0.39, 0.29) is 11.3 Å². The number of hydrogen-bond donors (Lipinski definition) is 1. The van der Waals surface area contributed by atoms with Crippen LogP contribution in [-0.4, -0.2) is 67.1 Å². The number of likely N-dealkylation sites (tertiary alicyclic amines) is 2. The topological polar surface area (TPSA) is 48.6 Å². The van der Waals surface area contributed by atoms with E-state index in [1.807, 2.05) is 23.2 Å². The molecule has 0 saturated carbocycles. The first kappa shape index (κ1) is 17.3. The van der Waals surface area contributed by atoms with E-state index < -0.39 is 0 Å². The van der Waals surface area contributed by atoms with Gasteiger partial charge in [0.1, 0.15) is 5.69 Å². The molecule has 0 radical (unpaired) electrons. The second kappa shape index (κ2) is 7.25. The normalized spacial score (nSPS) is 26.0. The van der Waals surface area contributed by atoms with E-state index in [2.05, 4.69) is 40.2 Å². The highest BCUT2D eigenvalue weighted by Gasteiger charge is 2.50. The van der Waals surface area contributed by atoms with Crippen LogP contribution in [0.25, 0.3) is 0 Å². The molecule has 1 aromatic heterocycles. The third kappa shape index (κ3) is 3.06. The SMILES string of the molecule is COCCN1C[C@H]2CN(C(=O)c3ccc[nH]3)CC[C@]2(c2ccccc2)C1. The standard InChI is InChI=1S/C21H27N3O2/c1-26-13-12-23-14-18-15-24(20(25)19-8-5-10-22-19)11-9-21(18,16-23)17-6-3-2-4-7-17/h2-8,10,18,22H,9,11-16H2,1H3/t18-,21+/m0/s1. The molecule has 138 valence electrons. The third-order valence-corrected chi connectivity index (χ3v) is 6.11. The molecule has 5 nitrogen and oxygen atoms in total. The molecule has 1 amide bonds. The summed E-state index contributed by atoms with van der Waals surface area (Å²) in [7, 11) is 1.76. The summed E-state index contributed by atoms with van der Waals surface area (Å²) in [6.07, 6.45) is 2.82. The fourth-order valence-electron chi connectivity index (χ4n) is 4.74. The first-order chi connectivity index (χ1) is 12.7. The quantitative estimate of drug-likeness (QED) is 0.898. The molecule has 5 heteroatoms. The van der Waals surface area contributed by atoms with Gasteiger partial charge in [-0.3, -0.25) is 9.69 Å². The molecule has 2 aliphatic heterocycles. The molecule has 1 N–H and O–H groups in total. The van der Waals surface area contributed by atoms with E-state index in [1.165, 1.54) is 5.56 Å². The van der Waals surface area contributed by atoms with E-state index in [9.17, 15) is 4.79 Å². The number of piperidine rings is 1. The van der Waals surface area contributed by atoms with Crippen LogP contribution in [0.3, 0.4) is 0 Å². The molecule has 2 atom stereocenters. The maximum absolute atomic E-state index is 12.8. The van der Waals surface area contributed by atoms with Gasteiger partial charge in [0.2, 0.25) is 0 Å². The van der Waals surface area contributed by atoms with Crippen molar-refractivity contribution in [1.29, 1.82) is 0 Å². The van der Waals surface area contributed by atoms with Gasteiger partial charge in [-0.15, -0.1) is 0 Å². The predicted molar refractivity (Wildman–Crippen MR) is 101 cm³/mol. The van der Waals surface area contributed by atoms with Crippen molar-refractivity contribution in [3.63, 3.8) is 0 Å². The predicted octanol–water partition coefficient (Wildman–Crippen LogP) is 2.38. The van der Waals surface area contributed by atoms with Gasteiger partial charge in [0.05, 0.1) is 6.61 Å². The van der Waals surface area contributed by atoms with Crippen LogP contribution in [0.4, 0.5) is 0 Å². The van der Waals surface area contributed by atoms with Crippen molar-refractivity contribution >= 4 is 5.91 Å². The van der Waals surface area contributed by atoms with Gasteiger partial charge in [0.25, 0.3) is 5.91 Å². The number of fused-ring (bicyclic) bond motifs is 1. The molecule has 0 unspecified atom stereocenters. The van der Waals surface area contributed by atoms with Crippen molar-refractivity contribution in [3.8, 4) is 0 Å². The summed E-state index contributed by atoms with van der Waals surface area (Å²) in [4.78, 5) is 20.4. The van der Waals surface area contributed by atoms with Crippen LogP contribution in [0, 0.1) is 5.92 Å². The largest absolute Gasteiger partial charge is 0.383 e. The lowest BCUT2D eigenvalue weighted by molar-refractivity contribution is 0.0597. The van der Waals surface area contributed by atoms with Gasteiger partial charge in [0.15, 0.2) is 0 Å². The number of nitrogens with one attached hydrogen (secondary N) is 1. The van der Waals surface area contributed by atoms with E-state index in [1.54, 1.807) is 7.11 Å². The summed E-state index contributed by atoms with van der Waals surface area (Å²) in [5.74, 6) is 0.571. The zero-order valence-electron chi connectivity index (χ0n) is 15.4. The second-order valence-electron chi connectivity index (χ2n) is 7.53. The molecular formula is C21H27N3O2. The maximum atomic E-state index is 12.8. The van der Waals surface area contributed by atoms with Crippen LogP contribution in [0.1, 0.15) is 22.5 Å². The van der Waals surface area contributed by atoms with Gasteiger partial charge in [0, 0.05) is 57.4 Å². The number of benzene rings is 1. The van der Waals surface area contributed by atoms with Crippen LogP contribution in [0.2, 0.25) is 0 Å². The van der Waals surface area contributed by atoms with Crippen LogP contribution >= 0.6 is 0 Å². The Hall–Kier alpha value is -2.11. The summed E-state index contributed by atoms with van der Waals surface area (Å²) >= 11 is 0. The maximum Gasteiger partial charge on any atom is 0.270 e. The van der Waals surface area contributed by atoms with E-state index in [0.29, 0.717) is 11.6 Å². The van der Waals surface area contributed by atoms with Gasteiger partial charge < -0.3 is 14.6 Å². The Kier molecular flexibility index (Phi) is 4.83. The molecule has 2 aromatic rings. The first-order valence-electron chi connectivity index (χ1n) is 9.42. The lowest BCUT2D eigenvalue weighted by Gasteiger charge is -2.44. The van der Waals surface area contributed by atoms with Crippen molar-refractivity contribution in [2.45, 2.75) is 11.8 Å².